The first-order valence-electron chi connectivity index (χ1n) is 25.4. The lowest BCUT2D eigenvalue weighted by Crippen LogP contribution is -2.57. The molecule has 6 atom stereocenters. The maximum absolute atomic E-state index is 16.8. The zero-order valence-electron chi connectivity index (χ0n) is 41.9. The quantitative estimate of drug-likeness (QED) is 0.0544. The number of esters is 1. The SMILES string of the molecule is COCCOC(=O)N1C(=O)C2(c3cc(C#CC4(O)CCCCCC4)ccc31)C(C(=O)N1CCc3cc(OC)c(OC)cc3C1)C1C(=O)OC(c3ccccc3)C(c3ccccc3)N1C2c1cccc(OCCO)c1. The van der Waals surface area contributed by atoms with Gasteiger partial charge in [-0.25, -0.2) is 9.69 Å². The van der Waals surface area contributed by atoms with Gasteiger partial charge in [-0.3, -0.25) is 19.3 Å². The van der Waals surface area contributed by atoms with E-state index in [1.165, 1.54) is 7.11 Å². The van der Waals surface area contributed by atoms with Gasteiger partial charge in [-0.2, -0.15) is 0 Å². The summed E-state index contributed by atoms with van der Waals surface area (Å²) < 4.78 is 35.2. The number of cyclic esters (lactones) is 1. The number of rotatable bonds is 12. The largest absolute Gasteiger partial charge is 0.493 e. The lowest BCUT2D eigenvalue weighted by molar-refractivity contribution is -0.179. The van der Waals surface area contributed by atoms with E-state index in [0.717, 1.165) is 47.3 Å². The van der Waals surface area contributed by atoms with Gasteiger partial charge < -0.3 is 43.5 Å². The van der Waals surface area contributed by atoms with E-state index < -0.39 is 65.0 Å². The third-order valence-corrected chi connectivity index (χ3v) is 15.4. The topological polar surface area (TPSA) is 174 Å². The summed E-state index contributed by atoms with van der Waals surface area (Å²) in [6.45, 7) is -0.134. The molecule has 10 rings (SSSR count). The number of fused-ring (bicyclic) bond motifs is 4. The summed E-state index contributed by atoms with van der Waals surface area (Å²) >= 11 is 0. The fourth-order valence-electron chi connectivity index (χ4n) is 12.1. The minimum atomic E-state index is -2.10. The molecule has 0 aromatic heterocycles. The molecule has 2 saturated heterocycles. The van der Waals surface area contributed by atoms with Crippen LogP contribution in [0.5, 0.6) is 17.2 Å². The average Bonchev–Trinajstić information content (AvgIpc) is 3.86. The molecule has 5 aromatic rings. The first-order chi connectivity index (χ1) is 36.0. The maximum Gasteiger partial charge on any atom is 0.421 e. The second kappa shape index (κ2) is 21.3. The van der Waals surface area contributed by atoms with E-state index >= 15 is 14.4 Å². The van der Waals surface area contributed by atoms with E-state index in [2.05, 4.69) is 11.8 Å². The number of anilines is 1. The fraction of sp³-hybridized carbons (Fsp3) is 0.390. The van der Waals surface area contributed by atoms with Crippen LogP contribution in [0.4, 0.5) is 10.5 Å². The summed E-state index contributed by atoms with van der Waals surface area (Å²) in [4.78, 5) is 68.5. The van der Waals surface area contributed by atoms with E-state index in [1.54, 1.807) is 55.5 Å². The van der Waals surface area contributed by atoms with Crippen LogP contribution in [-0.4, -0.2) is 110 Å². The Kier molecular flexibility index (Phi) is 14.5. The fourth-order valence-corrected chi connectivity index (χ4v) is 12.1. The Morgan fingerprint density at radius 1 is 0.757 bits per heavy atom. The monoisotopic (exact) mass is 1000 g/mol. The number of benzene rings is 5. The van der Waals surface area contributed by atoms with Gasteiger partial charge >= 0.3 is 12.1 Å². The van der Waals surface area contributed by atoms with Crippen LogP contribution in [-0.2, 0) is 47.0 Å². The number of nitrogens with zero attached hydrogens (tertiary/aromatic N) is 3. The molecule has 3 fully saturated rings. The number of hydrogen-bond acceptors (Lipinski definition) is 13. The molecule has 4 aliphatic heterocycles. The van der Waals surface area contributed by atoms with Gasteiger partial charge in [0.15, 0.2) is 11.5 Å². The van der Waals surface area contributed by atoms with Gasteiger partial charge in [-0.1, -0.05) is 97.5 Å². The molecule has 2 N–H and O–H groups in total. The molecule has 1 saturated carbocycles. The van der Waals surface area contributed by atoms with Crippen molar-refractivity contribution in [1.82, 2.24) is 9.80 Å². The Morgan fingerprint density at radius 3 is 2.14 bits per heavy atom. The molecule has 15 heteroatoms. The summed E-state index contributed by atoms with van der Waals surface area (Å²) in [5.41, 5.74) is 1.15. The van der Waals surface area contributed by atoms with Crippen molar-refractivity contribution in [2.45, 2.75) is 86.7 Å². The zero-order chi connectivity index (χ0) is 51.6. The maximum atomic E-state index is 16.8. The van der Waals surface area contributed by atoms with Gasteiger partial charge in [0.1, 0.15) is 42.1 Å². The van der Waals surface area contributed by atoms with Crippen molar-refractivity contribution in [2.24, 2.45) is 5.92 Å². The highest BCUT2D eigenvalue weighted by molar-refractivity contribution is 6.23. The van der Waals surface area contributed by atoms with Crippen LogP contribution >= 0.6 is 0 Å². The average molecular weight is 1000 g/mol. The van der Waals surface area contributed by atoms with Crippen molar-refractivity contribution < 1.29 is 57.8 Å². The summed E-state index contributed by atoms with van der Waals surface area (Å²) in [6, 6.07) is 31.4. The number of carbonyl (C=O) groups is 4. The Morgan fingerprint density at radius 2 is 1.45 bits per heavy atom. The zero-order valence-corrected chi connectivity index (χ0v) is 41.9. The minimum absolute atomic E-state index is 0.0356. The predicted octanol–water partition coefficient (Wildman–Crippen LogP) is 7.55. The van der Waals surface area contributed by atoms with Crippen molar-refractivity contribution in [3.8, 4) is 29.1 Å². The highest BCUT2D eigenvalue weighted by Crippen LogP contribution is 2.66. The van der Waals surface area contributed by atoms with Crippen LogP contribution in [0.2, 0.25) is 0 Å². The molecular formula is C59H61N3O12. The van der Waals surface area contributed by atoms with Crippen LogP contribution in [0, 0.1) is 17.8 Å². The van der Waals surface area contributed by atoms with Gasteiger partial charge in [0.2, 0.25) is 11.8 Å². The Labute approximate surface area is 430 Å². The number of aliphatic hydroxyl groups is 2. The summed E-state index contributed by atoms with van der Waals surface area (Å²) in [5, 5.41) is 21.7. The molecule has 384 valence electrons. The molecule has 0 radical (unpaired) electrons. The number of amides is 3. The Balaban J connectivity index is 1.27. The smallest absolute Gasteiger partial charge is 0.421 e. The number of aliphatic hydroxyl groups excluding tert-OH is 1. The molecule has 4 heterocycles. The first-order valence-corrected chi connectivity index (χ1v) is 25.4. The number of imide groups is 1. The third-order valence-electron chi connectivity index (χ3n) is 15.4. The molecule has 5 aliphatic rings. The van der Waals surface area contributed by atoms with E-state index in [0.29, 0.717) is 53.2 Å². The van der Waals surface area contributed by atoms with Crippen LogP contribution in [0.3, 0.4) is 0 Å². The van der Waals surface area contributed by atoms with Crippen molar-refractivity contribution >= 4 is 29.6 Å². The molecule has 3 amide bonds. The molecule has 6 unspecified atom stereocenters. The van der Waals surface area contributed by atoms with Crippen LogP contribution in [0.1, 0.15) is 95.7 Å². The van der Waals surface area contributed by atoms with E-state index in [4.69, 9.17) is 28.4 Å². The van der Waals surface area contributed by atoms with Crippen molar-refractivity contribution in [3.63, 3.8) is 0 Å². The Hall–Kier alpha value is -7.22. The lowest BCUT2D eigenvalue weighted by atomic mass is 9.64. The molecular weight excluding hydrogens is 943 g/mol. The van der Waals surface area contributed by atoms with Crippen LogP contribution < -0.4 is 19.1 Å². The van der Waals surface area contributed by atoms with Gasteiger partial charge in [-0.15, -0.1) is 0 Å². The molecule has 74 heavy (non-hydrogen) atoms. The molecule has 1 aliphatic carbocycles. The summed E-state index contributed by atoms with van der Waals surface area (Å²) in [7, 11) is 4.58. The highest BCUT2D eigenvalue weighted by Gasteiger charge is 2.76. The summed E-state index contributed by atoms with van der Waals surface area (Å²) in [5.74, 6) is 4.23. The lowest BCUT2D eigenvalue weighted by Gasteiger charge is -2.46. The second-order valence-corrected chi connectivity index (χ2v) is 19.6. The third kappa shape index (κ3) is 9.04. The number of methoxy groups -OCH3 is 3. The van der Waals surface area contributed by atoms with E-state index in [-0.39, 0.29) is 50.8 Å². The minimum Gasteiger partial charge on any atom is -0.493 e. The molecule has 1 spiro atoms. The van der Waals surface area contributed by atoms with Crippen molar-refractivity contribution in [1.29, 1.82) is 0 Å². The normalized spacial score (nSPS) is 23.9. The van der Waals surface area contributed by atoms with Gasteiger partial charge in [-0.05, 0) is 108 Å². The number of hydrogen-bond donors (Lipinski definition) is 2. The van der Waals surface area contributed by atoms with Crippen molar-refractivity contribution in [3.05, 3.63) is 154 Å². The molecule has 15 nitrogen and oxygen atoms in total. The predicted molar refractivity (Wildman–Crippen MR) is 272 cm³/mol. The molecule has 0 bridgehead atoms. The summed E-state index contributed by atoms with van der Waals surface area (Å²) in [6.07, 6.45) is 3.10. The van der Waals surface area contributed by atoms with E-state index in [1.807, 2.05) is 83.8 Å². The number of carbonyl (C=O) groups excluding carboxylic acids is 4. The van der Waals surface area contributed by atoms with Crippen LogP contribution in [0.25, 0.3) is 0 Å². The Bertz CT molecular complexity index is 2970. The van der Waals surface area contributed by atoms with E-state index in [9.17, 15) is 15.0 Å². The standard InChI is InChI=1S/C59H61N3O12/c1-69-31-32-73-57(67)61-46-22-21-38(23-27-58(68)25-12-4-5-13-26-58)33-45(46)59(56(61)66)49(54(64)60-28-24-41-35-47(70-2)48(71-3)36-43(41)37-60)51-55(65)74-52(40-17-10-7-11-18-40)50(39-15-8-6-9-16-39)62(51)53(59)42-19-14-20-44(34-42)72-30-29-63/h6-11,14-22,33-36,49-53,63,68H,4-5,12-13,24-26,28-32,37H2,1-3H3. The molecule has 5 aromatic carbocycles. The van der Waals surface area contributed by atoms with Gasteiger partial charge in [0.25, 0.3) is 0 Å². The van der Waals surface area contributed by atoms with Gasteiger partial charge in [0, 0.05) is 25.8 Å². The van der Waals surface area contributed by atoms with Gasteiger partial charge in [0.05, 0.1) is 51.1 Å². The second-order valence-electron chi connectivity index (χ2n) is 19.6. The highest BCUT2D eigenvalue weighted by atomic mass is 16.6. The number of morpholine rings is 1. The van der Waals surface area contributed by atoms with Crippen LogP contribution in [0.15, 0.2) is 115 Å². The first kappa shape index (κ1) is 50.3. The van der Waals surface area contributed by atoms with Crippen molar-refractivity contribution in [2.75, 3.05) is 59.2 Å². The number of ether oxygens (including phenoxy) is 6.